The molecule has 1 aromatic rings. The highest BCUT2D eigenvalue weighted by Crippen LogP contribution is 2.21. The summed E-state index contributed by atoms with van der Waals surface area (Å²) in [6.07, 6.45) is 0.983. The van der Waals surface area contributed by atoms with Crippen molar-refractivity contribution in [3.63, 3.8) is 0 Å². The standard InChI is InChI=1S/C12H22ClN3O/c1-6-17-9(3)11(14-4)7-10-8(2)15-16(5)12(10)13/h9,11,14H,6-7H2,1-5H3. The topological polar surface area (TPSA) is 39.1 Å². The van der Waals surface area contributed by atoms with E-state index in [4.69, 9.17) is 16.3 Å². The lowest BCUT2D eigenvalue weighted by molar-refractivity contribution is 0.0496. The van der Waals surface area contributed by atoms with Crippen LogP contribution in [-0.2, 0) is 18.2 Å². The average Bonchev–Trinajstić information content (AvgIpc) is 2.51. The average molecular weight is 260 g/mol. The summed E-state index contributed by atoms with van der Waals surface area (Å²) in [5.74, 6) is 0. The van der Waals surface area contributed by atoms with Crippen LogP contribution in [0.15, 0.2) is 0 Å². The Morgan fingerprint density at radius 2 is 2.18 bits per heavy atom. The van der Waals surface area contributed by atoms with Crippen molar-refractivity contribution in [1.82, 2.24) is 15.1 Å². The van der Waals surface area contributed by atoms with Crippen LogP contribution in [0.5, 0.6) is 0 Å². The number of likely N-dealkylation sites (N-methyl/N-ethyl adjacent to an activating group) is 1. The highest BCUT2D eigenvalue weighted by molar-refractivity contribution is 6.30. The smallest absolute Gasteiger partial charge is 0.130 e. The molecule has 1 N–H and O–H groups in total. The van der Waals surface area contributed by atoms with Gasteiger partial charge in [0.25, 0.3) is 0 Å². The van der Waals surface area contributed by atoms with Gasteiger partial charge < -0.3 is 10.1 Å². The highest BCUT2D eigenvalue weighted by Gasteiger charge is 2.20. The monoisotopic (exact) mass is 259 g/mol. The predicted octanol–water partition coefficient (Wildman–Crippen LogP) is 1.94. The van der Waals surface area contributed by atoms with Crippen LogP contribution in [0.25, 0.3) is 0 Å². The Hall–Kier alpha value is -0.580. The maximum Gasteiger partial charge on any atom is 0.130 e. The largest absolute Gasteiger partial charge is 0.377 e. The van der Waals surface area contributed by atoms with E-state index in [1.54, 1.807) is 4.68 Å². The van der Waals surface area contributed by atoms with E-state index in [-0.39, 0.29) is 12.1 Å². The minimum absolute atomic E-state index is 0.153. The van der Waals surface area contributed by atoms with Crippen LogP contribution in [0.4, 0.5) is 0 Å². The molecule has 0 saturated heterocycles. The number of halogens is 1. The Kier molecular flexibility index (Phi) is 5.43. The van der Waals surface area contributed by atoms with E-state index in [1.807, 2.05) is 27.9 Å². The lowest BCUT2D eigenvalue weighted by Gasteiger charge is -2.23. The molecule has 0 aliphatic rings. The molecule has 2 atom stereocenters. The minimum Gasteiger partial charge on any atom is -0.377 e. The second-order valence-corrected chi connectivity index (χ2v) is 4.60. The van der Waals surface area contributed by atoms with Gasteiger partial charge in [-0.1, -0.05) is 11.6 Å². The summed E-state index contributed by atoms with van der Waals surface area (Å²) in [6, 6.07) is 0.246. The number of nitrogens with one attached hydrogen (secondary N) is 1. The molecule has 4 nitrogen and oxygen atoms in total. The third kappa shape index (κ3) is 3.44. The molecule has 0 bridgehead atoms. The van der Waals surface area contributed by atoms with Crippen molar-refractivity contribution in [3.8, 4) is 0 Å². The molecular weight excluding hydrogens is 238 g/mol. The molecule has 17 heavy (non-hydrogen) atoms. The second kappa shape index (κ2) is 6.38. The third-order valence-electron chi connectivity index (χ3n) is 3.06. The van der Waals surface area contributed by atoms with E-state index < -0.39 is 0 Å². The maximum atomic E-state index is 6.23. The number of aryl methyl sites for hydroxylation is 2. The van der Waals surface area contributed by atoms with Gasteiger partial charge >= 0.3 is 0 Å². The molecule has 5 heteroatoms. The SMILES string of the molecule is CCOC(C)C(Cc1c(C)nn(C)c1Cl)NC. The summed E-state index contributed by atoms with van der Waals surface area (Å²) in [6.45, 7) is 6.79. The van der Waals surface area contributed by atoms with Gasteiger partial charge in [-0.3, -0.25) is 4.68 Å². The molecule has 98 valence electrons. The summed E-state index contributed by atoms with van der Waals surface area (Å²) in [5.41, 5.74) is 2.08. The highest BCUT2D eigenvalue weighted by atomic mass is 35.5. The molecule has 0 radical (unpaired) electrons. The molecule has 0 aliphatic heterocycles. The van der Waals surface area contributed by atoms with E-state index in [1.165, 1.54) is 0 Å². The molecule has 0 aromatic carbocycles. The van der Waals surface area contributed by atoms with Gasteiger partial charge in [0.15, 0.2) is 0 Å². The maximum absolute atomic E-state index is 6.23. The zero-order valence-corrected chi connectivity index (χ0v) is 12.0. The molecule has 0 saturated carbocycles. The summed E-state index contributed by atoms with van der Waals surface area (Å²) in [4.78, 5) is 0. The van der Waals surface area contributed by atoms with Gasteiger partial charge in [0.2, 0.25) is 0 Å². The molecule has 2 unspecified atom stereocenters. The van der Waals surface area contributed by atoms with Gasteiger partial charge in [-0.15, -0.1) is 0 Å². The van der Waals surface area contributed by atoms with E-state index in [0.717, 1.165) is 24.3 Å². The summed E-state index contributed by atoms with van der Waals surface area (Å²) in [7, 11) is 3.80. The fraction of sp³-hybridized carbons (Fsp3) is 0.750. The van der Waals surface area contributed by atoms with Gasteiger partial charge in [-0.2, -0.15) is 5.10 Å². The van der Waals surface area contributed by atoms with Crippen molar-refractivity contribution in [2.45, 2.75) is 39.3 Å². The lowest BCUT2D eigenvalue weighted by Crippen LogP contribution is -2.39. The summed E-state index contributed by atoms with van der Waals surface area (Å²) >= 11 is 6.23. The first-order valence-corrected chi connectivity index (χ1v) is 6.35. The first-order valence-electron chi connectivity index (χ1n) is 5.98. The van der Waals surface area contributed by atoms with Crippen LogP contribution >= 0.6 is 11.6 Å². The first-order chi connectivity index (χ1) is 8.01. The normalized spacial score (nSPS) is 14.9. The van der Waals surface area contributed by atoms with Gasteiger partial charge in [0.05, 0.1) is 11.8 Å². The van der Waals surface area contributed by atoms with E-state index >= 15 is 0 Å². The van der Waals surface area contributed by atoms with Gasteiger partial charge in [-0.25, -0.2) is 0 Å². The Labute approximate surface area is 108 Å². The molecule has 0 amide bonds. The predicted molar refractivity (Wildman–Crippen MR) is 70.6 cm³/mol. The number of rotatable bonds is 6. The van der Waals surface area contributed by atoms with E-state index in [9.17, 15) is 0 Å². The third-order valence-corrected chi connectivity index (χ3v) is 3.53. The summed E-state index contributed by atoms with van der Waals surface area (Å²) in [5, 5.41) is 8.31. The van der Waals surface area contributed by atoms with Crippen LogP contribution in [0.3, 0.4) is 0 Å². The number of aromatic nitrogens is 2. The van der Waals surface area contributed by atoms with Gasteiger partial charge in [0, 0.05) is 25.3 Å². The van der Waals surface area contributed by atoms with Crippen molar-refractivity contribution in [1.29, 1.82) is 0 Å². The van der Waals surface area contributed by atoms with Crippen LogP contribution in [0.1, 0.15) is 25.1 Å². The molecule has 1 aromatic heterocycles. The summed E-state index contributed by atoms with van der Waals surface area (Å²) < 4.78 is 7.33. The van der Waals surface area contributed by atoms with Crippen molar-refractivity contribution >= 4 is 11.6 Å². The van der Waals surface area contributed by atoms with Crippen LogP contribution < -0.4 is 5.32 Å². The Morgan fingerprint density at radius 3 is 2.59 bits per heavy atom. The van der Waals surface area contributed by atoms with Crippen molar-refractivity contribution < 1.29 is 4.74 Å². The van der Waals surface area contributed by atoms with Crippen LogP contribution in [0.2, 0.25) is 5.15 Å². The van der Waals surface area contributed by atoms with E-state index in [2.05, 4.69) is 17.3 Å². The molecular formula is C12H22ClN3O. The number of hydrogen-bond donors (Lipinski definition) is 1. The molecule has 0 fully saturated rings. The number of nitrogens with zero attached hydrogens (tertiary/aromatic N) is 2. The van der Waals surface area contributed by atoms with Crippen molar-refractivity contribution in [3.05, 3.63) is 16.4 Å². The Morgan fingerprint density at radius 1 is 1.53 bits per heavy atom. The Bertz CT molecular complexity index is 365. The molecule has 1 heterocycles. The molecule has 1 rings (SSSR count). The lowest BCUT2D eigenvalue weighted by atomic mass is 10.0. The zero-order valence-electron chi connectivity index (χ0n) is 11.2. The number of hydrogen-bond acceptors (Lipinski definition) is 3. The van der Waals surface area contributed by atoms with Crippen molar-refractivity contribution in [2.75, 3.05) is 13.7 Å². The Balaban J connectivity index is 2.80. The first kappa shape index (κ1) is 14.5. The molecule has 0 aliphatic carbocycles. The zero-order chi connectivity index (χ0) is 13.0. The fourth-order valence-corrected chi connectivity index (χ4v) is 2.26. The fourth-order valence-electron chi connectivity index (χ4n) is 2.01. The quantitative estimate of drug-likeness (QED) is 0.849. The van der Waals surface area contributed by atoms with Crippen molar-refractivity contribution in [2.24, 2.45) is 7.05 Å². The van der Waals surface area contributed by atoms with Crippen LogP contribution in [0, 0.1) is 6.92 Å². The van der Waals surface area contributed by atoms with Gasteiger partial charge in [-0.05, 0) is 34.2 Å². The van der Waals surface area contributed by atoms with Gasteiger partial charge in [0.1, 0.15) is 5.15 Å². The van der Waals surface area contributed by atoms with Crippen LogP contribution in [-0.4, -0.2) is 35.6 Å². The minimum atomic E-state index is 0.153. The molecule has 0 spiro atoms. The second-order valence-electron chi connectivity index (χ2n) is 4.24. The van der Waals surface area contributed by atoms with E-state index in [0.29, 0.717) is 5.15 Å². The number of ether oxygens (including phenoxy) is 1.